The van der Waals surface area contributed by atoms with Crippen molar-refractivity contribution in [3.8, 4) is 0 Å². The van der Waals surface area contributed by atoms with E-state index < -0.39 is 0 Å². The maximum Gasteiger partial charge on any atom is 0.229 e. The molecule has 0 atom stereocenters. The largest absolute Gasteiger partial charge is 0.282 e. The Bertz CT molecular complexity index is 819. The molecule has 23 heavy (non-hydrogen) atoms. The first-order valence-corrected chi connectivity index (χ1v) is 8.26. The van der Waals surface area contributed by atoms with Gasteiger partial charge in [-0.3, -0.25) is 14.7 Å². The number of aromatic nitrogens is 2. The molecule has 0 bridgehead atoms. The summed E-state index contributed by atoms with van der Waals surface area (Å²) in [5, 5.41) is 0.509. The van der Waals surface area contributed by atoms with Gasteiger partial charge < -0.3 is 0 Å². The summed E-state index contributed by atoms with van der Waals surface area (Å²) in [7, 11) is 0. The van der Waals surface area contributed by atoms with Crippen molar-refractivity contribution in [1.82, 2.24) is 9.97 Å². The first-order chi connectivity index (χ1) is 11.2. The van der Waals surface area contributed by atoms with E-state index in [2.05, 4.69) is 9.97 Å². The minimum absolute atomic E-state index is 0.0300. The maximum atomic E-state index is 13.9. The van der Waals surface area contributed by atoms with E-state index in [9.17, 15) is 9.18 Å². The SMILES string of the molecule is CCCC(=O)N(Cc1ccccn1)c1nc2c(F)cccc2s1. The van der Waals surface area contributed by atoms with Crippen LogP contribution in [0.2, 0.25) is 0 Å². The van der Waals surface area contributed by atoms with Gasteiger partial charge in [0, 0.05) is 12.6 Å². The predicted octanol–water partition coefficient (Wildman–Crippen LogP) is 4.16. The molecule has 0 aliphatic rings. The number of anilines is 1. The Kier molecular flexibility index (Phi) is 4.62. The zero-order chi connectivity index (χ0) is 16.2. The van der Waals surface area contributed by atoms with Gasteiger partial charge in [0.25, 0.3) is 0 Å². The highest BCUT2D eigenvalue weighted by Crippen LogP contribution is 2.31. The van der Waals surface area contributed by atoms with Crippen molar-refractivity contribution in [3.63, 3.8) is 0 Å². The molecule has 0 N–H and O–H groups in total. The molecule has 2 heterocycles. The van der Waals surface area contributed by atoms with Crippen LogP contribution in [0.15, 0.2) is 42.6 Å². The lowest BCUT2D eigenvalue weighted by molar-refractivity contribution is -0.118. The van der Waals surface area contributed by atoms with Crippen molar-refractivity contribution in [2.24, 2.45) is 0 Å². The monoisotopic (exact) mass is 329 g/mol. The number of halogens is 1. The van der Waals surface area contributed by atoms with E-state index in [1.54, 1.807) is 17.2 Å². The molecule has 4 nitrogen and oxygen atoms in total. The van der Waals surface area contributed by atoms with E-state index in [0.717, 1.165) is 16.8 Å². The number of carbonyl (C=O) groups is 1. The van der Waals surface area contributed by atoms with Gasteiger partial charge in [-0.05, 0) is 30.7 Å². The molecule has 1 aromatic carbocycles. The molecule has 0 saturated heterocycles. The summed E-state index contributed by atoms with van der Waals surface area (Å²) in [5.74, 6) is -0.400. The molecule has 0 unspecified atom stereocenters. The lowest BCUT2D eigenvalue weighted by Crippen LogP contribution is -2.30. The number of fused-ring (bicyclic) bond motifs is 1. The van der Waals surface area contributed by atoms with E-state index in [1.807, 2.05) is 31.2 Å². The first kappa shape index (κ1) is 15.6. The highest BCUT2D eigenvalue weighted by Gasteiger charge is 2.20. The van der Waals surface area contributed by atoms with Crippen LogP contribution in [-0.4, -0.2) is 15.9 Å². The number of benzene rings is 1. The summed E-state index contributed by atoms with van der Waals surface area (Å²) in [6.07, 6.45) is 2.86. The number of amides is 1. The molecule has 3 rings (SSSR count). The third-order valence-corrected chi connectivity index (χ3v) is 4.44. The normalized spacial score (nSPS) is 10.9. The highest BCUT2D eigenvalue weighted by molar-refractivity contribution is 7.22. The summed E-state index contributed by atoms with van der Waals surface area (Å²) < 4.78 is 14.6. The molecular formula is C17H16FN3OS. The number of hydrogen-bond donors (Lipinski definition) is 0. The number of thiazole rings is 1. The van der Waals surface area contributed by atoms with Crippen LogP contribution in [0, 0.1) is 5.82 Å². The summed E-state index contributed by atoms with van der Waals surface area (Å²) in [6.45, 7) is 2.29. The summed E-state index contributed by atoms with van der Waals surface area (Å²) in [4.78, 5) is 22.7. The zero-order valence-electron chi connectivity index (χ0n) is 12.7. The Morgan fingerprint density at radius 3 is 2.83 bits per heavy atom. The fourth-order valence-electron chi connectivity index (χ4n) is 2.28. The van der Waals surface area contributed by atoms with Gasteiger partial charge >= 0.3 is 0 Å². The van der Waals surface area contributed by atoms with Crippen LogP contribution in [0.4, 0.5) is 9.52 Å². The second-order valence-electron chi connectivity index (χ2n) is 5.13. The molecular weight excluding hydrogens is 313 g/mol. The Labute approximate surface area is 137 Å². The van der Waals surface area contributed by atoms with Gasteiger partial charge in [0.15, 0.2) is 5.13 Å². The zero-order valence-corrected chi connectivity index (χ0v) is 13.5. The predicted molar refractivity (Wildman–Crippen MR) is 89.9 cm³/mol. The maximum absolute atomic E-state index is 13.9. The smallest absolute Gasteiger partial charge is 0.229 e. The van der Waals surface area contributed by atoms with Crippen LogP contribution in [-0.2, 0) is 11.3 Å². The van der Waals surface area contributed by atoms with Gasteiger partial charge in [0.05, 0.1) is 16.9 Å². The molecule has 2 aromatic heterocycles. The van der Waals surface area contributed by atoms with Gasteiger partial charge in [-0.2, -0.15) is 0 Å². The van der Waals surface area contributed by atoms with Gasteiger partial charge in [-0.25, -0.2) is 9.37 Å². The number of rotatable bonds is 5. The summed E-state index contributed by atoms with van der Waals surface area (Å²) in [6, 6.07) is 10.4. The van der Waals surface area contributed by atoms with Crippen LogP contribution in [0.5, 0.6) is 0 Å². The Morgan fingerprint density at radius 2 is 2.13 bits per heavy atom. The minimum atomic E-state index is -0.370. The lowest BCUT2D eigenvalue weighted by Gasteiger charge is -2.19. The molecule has 1 amide bonds. The van der Waals surface area contributed by atoms with Gasteiger partial charge in [-0.1, -0.05) is 30.4 Å². The molecule has 118 valence electrons. The standard InChI is InChI=1S/C17H16FN3OS/c1-2-6-15(22)21(11-12-7-3-4-10-19-12)17-20-16-13(18)8-5-9-14(16)23-17/h3-5,7-10H,2,6,11H2,1H3. The van der Waals surface area contributed by atoms with Crippen LogP contribution in [0.25, 0.3) is 10.2 Å². The Balaban J connectivity index is 1.99. The van der Waals surface area contributed by atoms with E-state index >= 15 is 0 Å². The number of para-hydroxylation sites is 1. The molecule has 0 aliphatic heterocycles. The van der Waals surface area contributed by atoms with Crippen LogP contribution in [0.3, 0.4) is 0 Å². The average Bonchev–Trinajstić information content (AvgIpc) is 2.99. The van der Waals surface area contributed by atoms with Crippen molar-refractivity contribution in [1.29, 1.82) is 0 Å². The fraction of sp³-hybridized carbons (Fsp3) is 0.235. The van der Waals surface area contributed by atoms with Gasteiger partial charge in [-0.15, -0.1) is 0 Å². The van der Waals surface area contributed by atoms with Crippen molar-refractivity contribution >= 4 is 32.6 Å². The molecule has 0 spiro atoms. The van der Waals surface area contributed by atoms with Gasteiger partial charge in [0.1, 0.15) is 11.3 Å². The topological polar surface area (TPSA) is 46.1 Å². The molecule has 0 aliphatic carbocycles. The number of pyridine rings is 1. The van der Waals surface area contributed by atoms with Gasteiger partial charge in [0.2, 0.25) is 5.91 Å². The van der Waals surface area contributed by atoms with Crippen molar-refractivity contribution in [2.75, 3.05) is 4.90 Å². The summed E-state index contributed by atoms with van der Waals surface area (Å²) in [5.41, 5.74) is 1.08. The first-order valence-electron chi connectivity index (χ1n) is 7.44. The van der Waals surface area contributed by atoms with Crippen molar-refractivity contribution in [3.05, 3.63) is 54.1 Å². The third-order valence-electron chi connectivity index (χ3n) is 3.40. The van der Waals surface area contributed by atoms with E-state index in [1.165, 1.54) is 17.4 Å². The van der Waals surface area contributed by atoms with E-state index in [0.29, 0.717) is 23.6 Å². The molecule has 3 aromatic rings. The fourth-order valence-corrected chi connectivity index (χ4v) is 3.28. The van der Waals surface area contributed by atoms with Crippen LogP contribution >= 0.6 is 11.3 Å². The van der Waals surface area contributed by atoms with Crippen LogP contribution < -0.4 is 4.90 Å². The number of carbonyl (C=O) groups excluding carboxylic acids is 1. The second-order valence-corrected chi connectivity index (χ2v) is 6.14. The van der Waals surface area contributed by atoms with E-state index in [-0.39, 0.29) is 11.7 Å². The number of nitrogens with zero attached hydrogens (tertiary/aromatic N) is 3. The second kappa shape index (κ2) is 6.83. The minimum Gasteiger partial charge on any atom is -0.282 e. The Hall–Kier alpha value is -2.34. The van der Waals surface area contributed by atoms with E-state index in [4.69, 9.17) is 0 Å². The summed E-state index contributed by atoms with van der Waals surface area (Å²) >= 11 is 1.32. The molecule has 6 heteroatoms. The van der Waals surface area contributed by atoms with Crippen molar-refractivity contribution in [2.45, 2.75) is 26.3 Å². The Morgan fingerprint density at radius 1 is 1.26 bits per heavy atom. The number of hydrogen-bond acceptors (Lipinski definition) is 4. The highest BCUT2D eigenvalue weighted by atomic mass is 32.1. The third kappa shape index (κ3) is 3.37. The van der Waals surface area contributed by atoms with Crippen molar-refractivity contribution < 1.29 is 9.18 Å². The molecule has 0 radical (unpaired) electrons. The average molecular weight is 329 g/mol. The quantitative estimate of drug-likeness (QED) is 0.706. The molecule has 0 saturated carbocycles. The van der Waals surface area contributed by atoms with Crippen LogP contribution in [0.1, 0.15) is 25.5 Å². The molecule has 0 fully saturated rings. The lowest BCUT2D eigenvalue weighted by atomic mass is 10.3.